The molecule has 0 saturated heterocycles. The molecule has 0 spiro atoms. The summed E-state index contributed by atoms with van der Waals surface area (Å²) >= 11 is 0. The van der Waals surface area contributed by atoms with Crippen molar-refractivity contribution >= 4 is 23.2 Å². The molecule has 0 atom stereocenters. The van der Waals surface area contributed by atoms with Gasteiger partial charge in [0.15, 0.2) is 0 Å². The first-order valence-electron chi connectivity index (χ1n) is 11.7. The highest BCUT2D eigenvalue weighted by molar-refractivity contribution is 5.94. The maximum atomic E-state index is 12.9. The number of amides is 2. The van der Waals surface area contributed by atoms with Crippen LogP contribution in [0, 0.1) is 10.2 Å². The van der Waals surface area contributed by atoms with Gasteiger partial charge in [-0.05, 0) is 49.2 Å². The number of hydrogen-bond donors (Lipinski definition) is 3. The van der Waals surface area contributed by atoms with E-state index in [1.54, 1.807) is 4.90 Å². The Balaban J connectivity index is 0.00000103. The van der Waals surface area contributed by atoms with Crippen molar-refractivity contribution in [1.29, 1.82) is 0 Å². The number of nitrogens with one attached hydrogen (secondary N) is 2. The van der Waals surface area contributed by atoms with Crippen molar-refractivity contribution in [2.75, 3.05) is 23.7 Å². The quantitative estimate of drug-likeness (QED) is 0.410. The molecule has 1 fully saturated rings. The van der Waals surface area contributed by atoms with Crippen molar-refractivity contribution in [3.63, 3.8) is 0 Å². The van der Waals surface area contributed by atoms with Crippen LogP contribution in [0.2, 0.25) is 0 Å². The van der Waals surface area contributed by atoms with Crippen LogP contribution in [-0.2, 0) is 21.9 Å². The molecule has 2 aromatic rings. The molecule has 0 unspecified atom stereocenters. The lowest BCUT2D eigenvalue weighted by molar-refractivity contribution is -1.92. The molecule has 1 saturated carbocycles. The molecule has 16 heteroatoms. The molecular weight excluding hydrogens is 576 g/mol. The highest BCUT2D eigenvalue weighted by Crippen LogP contribution is 2.32. The van der Waals surface area contributed by atoms with Crippen molar-refractivity contribution in [3.8, 4) is 0 Å². The minimum absolute atomic E-state index is 0.0261. The van der Waals surface area contributed by atoms with Gasteiger partial charge in [0.05, 0.1) is 39.1 Å². The van der Waals surface area contributed by atoms with Gasteiger partial charge in [0.1, 0.15) is 0 Å². The lowest BCUT2D eigenvalue weighted by Crippen LogP contribution is -2.58. The average Bonchev–Trinajstić information content (AvgIpc) is 2.82. The molecule has 0 aromatic heterocycles. The molecule has 9 nitrogen and oxygen atoms in total. The summed E-state index contributed by atoms with van der Waals surface area (Å²) in [5.74, 6) is -1.19. The fraction of sp³-hybridized carbons (Fsp3) is 0.417. The standard InChI is InChI=1S/C24H25F6N3O2.ClHO4/c25-23(26,27)16-6-4-8-18(12-16)31-21(34)14-33(20-10-2-1-3-11-20)15-22(35)32-19-9-5-7-17(13-19)24(28,29)30;2-1(3,4)5/h4-9,12-13,20H,1-3,10-11,14-15H2,(H,31,34)(H,32,35);(H,2,3,4,5). The van der Waals surface area contributed by atoms with Gasteiger partial charge in [-0.1, -0.05) is 31.4 Å². The molecule has 222 valence electrons. The topological polar surface area (TPSA) is 151 Å². The minimum Gasteiger partial charge on any atom is -0.325 e. The lowest BCUT2D eigenvalue weighted by Gasteiger charge is -2.33. The van der Waals surface area contributed by atoms with Crippen molar-refractivity contribution in [3.05, 3.63) is 59.7 Å². The van der Waals surface area contributed by atoms with E-state index in [1.165, 1.54) is 24.3 Å². The largest absolute Gasteiger partial charge is 0.416 e. The number of halogens is 7. The lowest BCUT2D eigenvalue weighted by atomic mass is 9.94. The second-order valence-electron chi connectivity index (χ2n) is 8.85. The molecule has 0 radical (unpaired) electrons. The number of alkyl halides is 6. The summed E-state index contributed by atoms with van der Waals surface area (Å²) in [5.41, 5.74) is -1.86. The van der Waals surface area contributed by atoms with E-state index < -0.39 is 45.5 Å². The number of hydrogen-bond acceptors (Lipinski definition) is 7. The molecular formula is C24H26ClF6N3O6. The van der Waals surface area contributed by atoms with E-state index in [4.69, 9.17) is 18.6 Å². The van der Waals surface area contributed by atoms with Crippen molar-refractivity contribution in [1.82, 2.24) is 4.90 Å². The number of carbonyl (C=O) groups is 2. The van der Waals surface area contributed by atoms with Crippen LogP contribution in [0.3, 0.4) is 0 Å². The third-order valence-corrected chi connectivity index (χ3v) is 5.73. The van der Waals surface area contributed by atoms with Gasteiger partial charge in [0, 0.05) is 17.4 Å². The molecule has 0 aliphatic heterocycles. The van der Waals surface area contributed by atoms with Gasteiger partial charge in [-0.25, -0.2) is 0 Å². The van der Waals surface area contributed by atoms with Crippen LogP contribution in [0.5, 0.6) is 0 Å². The van der Waals surface area contributed by atoms with E-state index in [-0.39, 0.29) is 30.5 Å². The Kier molecular flexibility index (Phi) is 11.7. The Morgan fingerprint density at radius 3 is 1.52 bits per heavy atom. The van der Waals surface area contributed by atoms with Gasteiger partial charge < -0.3 is 10.6 Å². The first-order valence-corrected chi connectivity index (χ1v) is 13.0. The molecule has 3 rings (SSSR count). The van der Waals surface area contributed by atoms with E-state index in [1.807, 2.05) is 0 Å². The van der Waals surface area contributed by atoms with E-state index in [0.29, 0.717) is 0 Å². The van der Waals surface area contributed by atoms with Crippen LogP contribution in [0.1, 0.15) is 43.2 Å². The minimum atomic E-state index is -4.69. The summed E-state index contributed by atoms with van der Waals surface area (Å²) in [7, 11) is -4.69. The summed E-state index contributed by atoms with van der Waals surface area (Å²) in [5, 5.41) is 4.87. The van der Waals surface area contributed by atoms with Gasteiger partial charge in [0.25, 0.3) is 0 Å². The Bertz CT molecular complexity index is 1060. The summed E-state index contributed by atoms with van der Waals surface area (Å²) < 4.78 is 110. The van der Waals surface area contributed by atoms with E-state index in [2.05, 4.69) is 10.6 Å². The van der Waals surface area contributed by atoms with Crippen molar-refractivity contribution in [2.45, 2.75) is 50.5 Å². The first-order chi connectivity index (χ1) is 18.4. The fourth-order valence-electron chi connectivity index (χ4n) is 4.08. The number of nitrogens with zero attached hydrogens (tertiary/aromatic N) is 1. The Morgan fingerprint density at radius 1 is 0.800 bits per heavy atom. The van der Waals surface area contributed by atoms with Gasteiger partial charge in [-0.15, -0.1) is 0 Å². The zero-order chi connectivity index (χ0) is 30.1. The second-order valence-corrected chi connectivity index (χ2v) is 9.64. The SMILES string of the molecule is O=C(CN(CC(=O)Nc1cccc(C(F)(F)F)c1)C1CCCCC1)Nc1cccc(C(F)(F)F)c1.[O-][Cl+3]([O-])([O-])O. The number of anilines is 2. The smallest absolute Gasteiger partial charge is 0.325 e. The summed E-state index contributed by atoms with van der Waals surface area (Å²) in [6.45, 7) is -0.506. The van der Waals surface area contributed by atoms with Crippen molar-refractivity contribution < 1.29 is 64.8 Å². The van der Waals surface area contributed by atoms with Crippen LogP contribution >= 0.6 is 0 Å². The number of benzene rings is 2. The first kappa shape index (κ1) is 33.3. The average molecular weight is 602 g/mol. The monoisotopic (exact) mass is 601 g/mol. The van der Waals surface area contributed by atoms with E-state index in [0.717, 1.165) is 56.4 Å². The maximum Gasteiger partial charge on any atom is 0.416 e. The van der Waals surface area contributed by atoms with Crippen LogP contribution in [0.4, 0.5) is 37.7 Å². The zero-order valence-electron chi connectivity index (χ0n) is 20.7. The molecule has 0 heterocycles. The Hall–Kier alpha value is -2.95. The molecule has 2 amide bonds. The summed E-state index contributed by atoms with van der Waals surface area (Å²) in [4.78, 5) is 26.9. The Labute approximate surface area is 227 Å². The number of rotatable bonds is 7. The third kappa shape index (κ3) is 12.5. The second kappa shape index (κ2) is 14.1. The van der Waals surface area contributed by atoms with Gasteiger partial charge >= 0.3 is 12.4 Å². The Morgan fingerprint density at radius 2 is 1.18 bits per heavy atom. The van der Waals surface area contributed by atoms with Gasteiger partial charge in [0.2, 0.25) is 11.8 Å². The third-order valence-electron chi connectivity index (χ3n) is 5.73. The highest BCUT2D eigenvalue weighted by atomic mass is 35.7. The predicted molar refractivity (Wildman–Crippen MR) is 121 cm³/mol. The van der Waals surface area contributed by atoms with E-state index in [9.17, 15) is 35.9 Å². The zero-order valence-corrected chi connectivity index (χ0v) is 21.5. The fourth-order valence-corrected chi connectivity index (χ4v) is 4.08. The van der Waals surface area contributed by atoms with Crippen LogP contribution < -0.4 is 24.6 Å². The van der Waals surface area contributed by atoms with Gasteiger partial charge in [-0.2, -0.15) is 40.3 Å². The molecule has 0 bridgehead atoms. The molecule has 40 heavy (non-hydrogen) atoms. The molecule has 1 aliphatic carbocycles. The molecule has 1 aliphatic rings. The normalized spacial score (nSPS) is 14.8. The predicted octanol–water partition coefficient (Wildman–Crippen LogP) is 1.81. The van der Waals surface area contributed by atoms with Crippen LogP contribution in [0.15, 0.2) is 48.5 Å². The van der Waals surface area contributed by atoms with E-state index >= 15 is 0 Å². The van der Waals surface area contributed by atoms with Gasteiger partial charge in [-0.3, -0.25) is 14.5 Å². The number of carbonyl (C=O) groups excluding carboxylic acids is 2. The molecule has 3 N–H and O–H groups in total. The molecule has 2 aromatic carbocycles. The maximum absolute atomic E-state index is 12.9. The summed E-state index contributed by atoms with van der Waals surface area (Å²) in [6, 6.07) is 8.34. The van der Waals surface area contributed by atoms with Crippen molar-refractivity contribution in [2.24, 2.45) is 0 Å². The van der Waals surface area contributed by atoms with Crippen LogP contribution in [-0.4, -0.2) is 40.5 Å². The van der Waals surface area contributed by atoms with Crippen LogP contribution in [0.25, 0.3) is 0 Å². The summed E-state index contributed by atoms with van der Waals surface area (Å²) in [6.07, 6.45) is -4.86. The highest BCUT2D eigenvalue weighted by Gasteiger charge is 2.32.